The normalized spacial score (nSPS) is 15.0. The number of aromatic nitrogens is 3. The van der Waals surface area contributed by atoms with Crippen molar-refractivity contribution in [2.45, 2.75) is 57.5 Å². The molecule has 2 aromatic heterocycles. The number of imidazole rings is 1. The van der Waals surface area contributed by atoms with Crippen LogP contribution in [0.3, 0.4) is 0 Å². The van der Waals surface area contributed by atoms with Gasteiger partial charge < -0.3 is 14.8 Å². The van der Waals surface area contributed by atoms with Gasteiger partial charge in [-0.25, -0.2) is 27.9 Å². The Bertz CT molecular complexity index is 1330. The smallest absolute Gasteiger partial charge is 0.407 e. The summed E-state index contributed by atoms with van der Waals surface area (Å²) in [5.41, 5.74) is 0.725. The van der Waals surface area contributed by atoms with Crippen LogP contribution < -0.4 is 4.72 Å². The van der Waals surface area contributed by atoms with E-state index in [1.165, 1.54) is 25.3 Å². The molecule has 3 atom stereocenters. The van der Waals surface area contributed by atoms with Crippen molar-refractivity contribution in [2.75, 3.05) is 6.54 Å². The maximum Gasteiger partial charge on any atom is 0.407 e. The second-order valence-corrected chi connectivity index (χ2v) is 12.1. The van der Waals surface area contributed by atoms with Crippen molar-refractivity contribution in [1.82, 2.24) is 24.2 Å². The average Bonchev–Trinajstić information content (AvgIpc) is 3.18. The first-order valence-electron chi connectivity index (χ1n) is 11.1. The minimum absolute atomic E-state index is 0.196. The lowest BCUT2D eigenvalue weighted by molar-refractivity contribution is 0.00390. The second kappa shape index (κ2) is 10.9. The Morgan fingerprint density at radius 3 is 2.44 bits per heavy atom. The van der Waals surface area contributed by atoms with Gasteiger partial charge in [-0.3, -0.25) is 4.90 Å². The molecule has 13 heteroatoms. The van der Waals surface area contributed by atoms with E-state index in [2.05, 4.69) is 14.7 Å². The number of rotatable bonds is 9. The van der Waals surface area contributed by atoms with Gasteiger partial charge in [0.2, 0.25) is 0 Å². The predicted octanol–water partition coefficient (Wildman–Crippen LogP) is 3.86. The first kappa shape index (κ1) is 28.1. The summed E-state index contributed by atoms with van der Waals surface area (Å²) >= 11 is 12.3. The molecule has 0 fully saturated rings. The van der Waals surface area contributed by atoms with Gasteiger partial charge >= 0.3 is 6.09 Å². The molecule has 2 heterocycles. The lowest BCUT2D eigenvalue weighted by Gasteiger charge is -2.43. The van der Waals surface area contributed by atoms with E-state index in [4.69, 9.17) is 23.2 Å². The van der Waals surface area contributed by atoms with Gasteiger partial charge in [-0.2, -0.15) is 0 Å². The molecule has 0 radical (unpaired) electrons. The summed E-state index contributed by atoms with van der Waals surface area (Å²) in [6.45, 7) is 7.01. The number of nitrogens with one attached hydrogen (secondary N) is 1. The molecule has 1 aromatic carbocycles. The van der Waals surface area contributed by atoms with Crippen LogP contribution in [0.4, 0.5) is 4.79 Å². The summed E-state index contributed by atoms with van der Waals surface area (Å²) in [6, 6.07) is 6.16. The number of amides is 1. The van der Waals surface area contributed by atoms with Crippen molar-refractivity contribution < 1.29 is 23.4 Å². The molecular weight excluding hydrogens is 529 g/mol. The third-order valence-corrected chi connectivity index (χ3v) is 8.04. The molecule has 0 saturated carbocycles. The van der Waals surface area contributed by atoms with Crippen LogP contribution in [0.15, 0.2) is 47.9 Å². The van der Waals surface area contributed by atoms with Crippen LogP contribution in [-0.2, 0) is 16.6 Å². The highest BCUT2D eigenvalue weighted by molar-refractivity contribution is 7.89. The standard InChI is InChI=1S/C23H29Cl2N5O5S/c1-14(19(31)11-28-36(34,35)21-7-5-6-8-26-21)30(22(32)33)20(23(2,3)4)12-29-13-27-17-9-15(24)16(25)10-18(17)29/h5-10,13-14,19-20,28,31H,11-12H2,1-4H3,(H,32,33)/t14-,19+,20?/m0/s1. The maximum absolute atomic E-state index is 12.5. The Morgan fingerprint density at radius 1 is 1.19 bits per heavy atom. The number of aliphatic hydroxyl groups excluding tert-OH is 1. The summed E-state index contributed by atoms with van der Waals surface area (Å²) in [5.74, 6) is 0. The molecule has 0 aliphatic carbocycles. The molecule has 0 spiro atoms. The number of halogens is 2. The molecule has 1 unspecified atom stereocenters. The minimum atomic E-state index is -3.98. The first-order chi connectivity index (χ1) is 16.7. The van der Waals surface area contributed by atoms with E-state index in [-0.39, 0.29) is 11.6 Å². The Kier molecular flexibility index (Phi) is 8.51. The second-order valence-electron chi connectivity index (χ2n) is 9.55. The van der Waals surface area contributed by atoms with E-state index in [0.29, 0.717) is 21.1 Å². The minimum Gasteiger partial charge on any atom is -0.465 e. The molecule has 1 amide bonds. The van der Waals surface area contributed by atoms with Crippen molar-refractivity contribution in [2.24, 2.45) is 5.41 Å². The number of fused-ring (bicyclic) bond motifs is 1. The number of carbonyl (C=O) groups is 1. The predicted molar refractivity (Wildman–Crippen MR) is 138 cm³/mol. The highest BCUT2D eigenvalue weighted by atomic mass is 35.5. The number of pyridine rings is 1. The molecule has 3 N–H and O–H groups in total. The van der Waals surface area contributed by atoms with E-state index < -0.39 is 46.3 Å². The van der Waals surface area contributed by atoms with Gasteiger partial charge in [-0.05, 0) is 36.6 Å². The van der Waals surface area contributed by atoms with Crippen molar-refractivity contribution in [3.05, 3.63) is 52.9 Å². The molecule has 196 valence electrons. The summed E-state index contributed by atoms with van der Waals surface area (Å²) < 4.78 is 29.1. The van der Waals surface area contributed by atoms with Gasteiger partial charge in [0, 0.05) is 19.3 Å². The zero-order valence-electron chi connectivity index (χ0n) is 20.3. The molecule has 10 nitrogen and oxygen atoms in total. The van der Waals surface area contributed by atoms with Crippen LogP contribution in [0.5, 0.6) is 0 Å². The van der Waals surface area contributed by atoms with E-state index in [1.54, 1.807) is 29.1 Å². The van der Waals surface area contributed by atoms with Gasteiger partial charge in [0.15, 0.2) is 5.03 Å². The molecular formula is C23H29Cl2N5O5S. The quantitative estimate of drug-likeness (QED) is 0.363. The average molecular weight is 558 g/mol. The fourth-order valence-electron chi connectivity index (χ4n) is 3.89. The van der Waals surface area contributed by atoms with E-state index in [0.717, 1.165) is 4.90 Å². The molecule has 3 rings (SSSR count). The van der Waals surface area contributed by atoms with Crippen molar-refractivity contribution in [1.29, 1.82) is 0 Å². The van der Waals surface area contributed by atoms with Crippen molar-refractivity contribution in [3.8, 4) is 0 Å². The SMILES string of the molecule is C[C@@H]([C@H](O)CNS(=O)(=O)c1ccccn1)N(C(=O)O)C(Cn1cnc2cc(Cl)c(Cl)cc21)C(C)(C)C. The topological polar surface area (TPSA) is 138 Å². The monoisotopic (exact) mass is 557 g/mol. The molecule has 0 aliphatic heterocycles. The van der Waals surface area contributed by atoms with Crippen LogP contribution in [0, 0.1) is 5.41 Å². The number of aliphatic hydroxyl groups is 1. The zero-order valence-corrected chi connectivity index (χ0v) is 22.6. The summed E-state index contributed by atoms with van der Waals surface area (Å²) in [4.78, 5) is 21.8. The zero-order chi connectivity index (χ0) is 26.8. The molecule has 0 aliphatic rings. The Hall–Kier alpha value is -2.44. The molecule has 36 heavy (non-hydrogen) atoms. The van der Waals surface area contributed by atoms with Crippen LogP contribution in [0.1, 0.15) is 27.7 Å². The van der Waals surface area contributed by atoms with Gasteiger partial charge in [0.25, 0.3) is 10.0 Å². The lowest BCUT2D eigenvalue weighted by Crippen LogP contribution is -2.57. The van der Waals surface area contributed by atoms with Gasteiger partial charge in [-0.1, -0.05) is 50.0 Å². The summed E-state index contributed by atoms with van der Waals surface area (Å²) in [7, 11) is -3.98. The van der Waals surface area contributed by atoms with Crippen molar-refractivity contribution >= 4 is 50.4 Å². The first-order valence-corrected chi connectivity index (χ1v) is 13.4. The fraction of sp³-hybridized carbons (Fsp3) is 0.435. The van der Waals surface area contributed by atoms with Crippen LogP contribution in [0.25, 0.3) is 11.0 Å². The Labute approximate surface area is 219 Å². The van der Waals surface area contributed by atoms with Crippen LogP contribution in [-0.4, -0.2) is 68.9 Å². The van der Waals surface area contributed by atoms with E-state index >= 15 is 0 Å². The fourth-order valence-corrected chi connectivity index (χ4v) is 5.20. The number of benzene rings is 1. The lowest BCUT2D eigenvalue weighted by atomic mass is 9.84. The Balaban J connectivity index is 1.86. The summed E-state index contributed by atoms with van der Waals surface area (Å²) in [5, 5.41) is 21.5. The third-order valence-electron chi connectivity index (χ3n) is 5.98. The van der Waals surface area contributed by atoms with E-state index in [9.17, 15) is 23.4 Å². The number of sulfonamides is 1. The van der Waals surface area contributed by atoms with Crippen LogP contribution in [0.2, 0.25) is 10.0 Å². The van der Waals surface area contributed by atoms with Gasteiger partial charge in [0.05, 0.1) is 45.6 Å². The number of hydrogen-bond donors (Lipinski definition) is 3. The largest absolute Gasteiger partial charge is 0.465 e. The van der Waals surface area contributed by atoms with Gasteiger partial charge in [-0.15, -0.1) is 0 Å². The van der Waals surface area contributed by atoms with Crippen molar-refractivity contribution in [3.63, 3.8) is 0 Å². The summed E-state index contributed by atoms with van der Waals surface area (Å²) in [6.07, 6.45) is 0.337. The number of nitrogens with zero attached hydrogens (tertiary/aromatic N) is 4. The molecule has 0 saturated heterocycles. The number of carboxylic acid groups (broad SMARTS) is 1. The molecule has 3 aromatic rings. The highest BCUT2D eigenvalue weighted by Gasteiger charge is 2.39. The molecule has 0 bridgehead atoms. The highest BCUT2D eigenvalue weighted by Crippen LogP contribution is 2.31. The van der Waals surface area contributed by atoms with Crippen LogP contribution >= 0.6 is 23.2 Å². The number of hydrogen-bond acceptors (Lipinski definition) is 6. The van der Waals surface area contributed by atoms with Gasteiger partial charge in [0.1, 0.15) is 0 Å². The Morgan fingerprint density at radius 2 is 1.86 bits per heavy atom. The maximum atomic E-state index is 12.5. The van der Waals surface area contributed by atoms with E-state index in [1.807, 2.05) is 20.8 Å². The third kappa shape index (κ3) is 6.27.